The molecule has 0 aromatic heterocycles. The molecule has 4 heteroatoms. The quantitative estimate of drug-likeness (QED) is 0.323. The minimum Gasteiger partial charge on any atom is -0.376 e. The first-order valence-corrected chi connectivity index (χ1v) is 2.27. The van der Waals surface area contributed by atoms with E-state index in [0.717, 1.165) is 0 Å². The third-order valence-electron chi connectivity index (χ3n) is 0.778. The number of hydrogen-bond acceptors (Lipinski definition) is 2. The van der Waals surface area contributed by atoms with Crippen LogP contribution < -0.4 is 0 Å². The molecule has 0 atom stereocenters. The van der Waals surface area contributed by atoms with Gasteiger partial charge >= 0.3 is 0 Å². The minimum absolute atomic E-state index is 0. The number of carbonyl (C=O) groups is 1. The number of rotatable bonds is 2. The molecule has 2 radical (unpaired) electrons. The van der Waals surface area contributed by atoms with Gasteiger partial charge in [-0.15, -0.1) is 5.57 Å². The molecule has 0 aromatic carbocycles. The van der Waals surface area contributed by atoms with Crippen LogP contribution in [0.3, 0.4) is 0 Å². The monoisotopic (exact) mass is 289 g/mol. The van der Waals surface area contributed by atoms with Crippen molar-refractivity contribution < 1.29 is 75.0 Å². The van der Waals surface area contributed by atoms with Gasteiger partial charge in [0, 0.05) is 71.2 Å². The molecule has 0 heterocycles. The van der Waals surface area contributed by atoms with E-state index in [1.807, 2.05) is 0 Å². The van der Waals surface area contributed by atoms with Crippen LogP contribution in [-0.4, -0.2) is 12.1 Å². The van der Waals surface area contributed by atoms with Gasteiger partial charge in [0.05, 0.1) is 6.29 Å². The summed E-state index contributed by atoms with van der Waals surface area (Å²) in [6, 6.07) is 0. The van der Waals surface area contributed by atoms with Crippen LogP contribution >= 0.6 is 0 Å². The number of carbonyl (C=O) groups excluding carboxylic acids is 2. The summed E-state index contributed by atoms with van der Waals surface area (Å²) >= 11 is 0. The molecule has 2 nitrogen and oxygen atoms in total. The molecular weight excluding hydrogens is 282 g/mol. The normalized spacial score (nSPS) is 8.80. The van der Waals surface area contributed by atoms with Gasteiger partial charge in [-0.05, 0) is 6.92 Å². The summed E-state index contributed by atoms with van der Waals surface area (Å²) in [7, 11) is 0. The van der Waals surface area contributed by atoms with Crippen LogP contribution in [0.2, 0.25) is 0 Å². The maximum absolute atomic E-state index is 10.3. The smallest absolute Gasteiger partial charge is 0.0657 e. The zero-order valence-corrected chi connectivity index (χ0v) is 11.7. The fourth-order valence-corrected chi connectivity index (χ4v) is 0.334. The van der Waals surface area contributed by atoms with Crippen LogP contribution in [0.4, 0.5) is 0 Å². The summed E-state index contributed by atoms with van der Waals surface area (Å²) in [6.45, 7) is 2.96. The average molecular weight is 289 g/mol. The Labute approximate surface area is 111 Å². The maximum Gasteiger partial charge on any atom is 0.0657 e. The largest absolute Gasteiger partial charge is 0.376 e. The van der Waals surface area contributed by atoms with Gasteiger partial charge < -0.3 is 9.59 Å². The van der Waals surface area contributed by atoms with Crippen molar-refractivity contribution in [2.45, 2.75) is 13.8 Å². The minimum atomic E-state index is -0.234. The van der Waals surface area contributed by atoms with E-state index >= 15 is 0 Å². The second-order valence-corrected chi connectivity index (χ2v) is 1.36. The van der Waals surface area contributed by atoms with E-state index in [0.29, 0.717) is 0 Å². The van der Waals surface area contributed by atoms with Crippen LogP contribution in [0.1, 0.15) is 13.8 Å². The Bertz CT molecular complexity index is 141. The van der Waals surface area contributed by atoms with E-state index < -0.39 is 0 Å². The van der Waals surface area contributed by atoms with Crippen molar-refractivity contribution in [3.8, 4) is 0 Å². The molecule has 0 rings (SSSR count). The Kier molecular flexibility index (Phi) is 17.9. The Morgan fingerprint density at radius 1 is 1.40 bits per heavy atom. The summed E-state index contributed by atoms with van der Waals surface area (Å²) in [5, 5.41) is 0. The zero-order valence-electron chi connectivity index (χ0n) is 6.05. The molecule has 0 aliphatic carbocycles. The fourth-order valence-electron chi connectivity index (χ4n) is 0.334. The molecule has 10 heavy (non-hydrogen) atoms. The molecule has 50 valence electrons. The standard InChI is InChI=1S/C6H7O2.2Y/c1-3-6(4-7)5(2)8;;/h3H,1-2H3;;/q-1;;. The predicted octanol–water partition coefficient (Wildman–Crippen LogP) is 0.626. The molecule has 0 saturated carbocycles. The van der Waals surface area contributed by atoms with Crippen LogP contribution in [0, 0.1) is 0 Å². The molecule has 0 saturated heterocycles. The van der Waals surface area contributed by atoms with Crippen molar-refractivity contribution >= 4 is 12.1 Å². The summed E-state index contributed by atoms with van der Waals surface area (Å²) in [5.74, 6) is -0.234. The average Bonchev–Trinajstić information content (AvgIpc) is 1.69. The Morgan fingerprint density at radius 3 is 1.80 bits per heavy atom. The summed E-state index contributed by atoms with van der Waals surface area (Å²) < 4.78 is 0. The second-order valence-electron chi connectivity index (χ2n) is 1.36. The first-order valence-electron chi connectivity index (χ1n) is 2.27. The van der Waals surface area contributed by atoms with Crippen LogP contribution in [0.25, 0.3) is 0 Å². The van der Waals surface area contributed by atoms with Gasteiger partial charge in [0.1, 0.15) is 0 Å². The van der Waals surface area contributed by atoms with Gasteiger partial charge in [-0.25, -0.2) is 0 Å². The van der Waals surface area contributed by atoms with Crippen molar-refractivity contribution in [2.75, 3.05) is 0 Å². The summed E-state index contributed by atoms with van der Waals surface area (Å²) in [5.41, 5.74) is 0.116. The molecule has 0 aliphatic rings. The van der Waals surface area contributed by atoms with E-state index in [2.05, 4.69) is 0 Å². The molecule has 0 spiro atoms. The first-order chi connectivity index (χ1) is 3.72. The topological polar surface area (TPSA) is 34.1 Å². The van der Waals surface area contributed by atoms with E-state index in [-0.39, 0.29) is 76.8 Å². The Balaban J connectivity index is -0.000000245. The molecule has 0 aromatic rings. The van der Waals surface area contributed by atoms with Crippen molar-refractivity contribution in [1.82, 2.24) is 0 Å². The maximum atomic E-state index is 10.3. The number of allylic oxidation sites excluding steroid dienone is 2. The SMILES string of the molecule is CC=C([C-]=O)C(C)=O.[Y].[Y]. The van der Waals surface area contributed by atoms with Crippen molar-refractivity contribution in [2.24, 2.45) is 0 Å². The van der Waals surface area contributed by atoms with E-state index in [9.17, 15) is 9.59 Å². The third-order valence-corrected chi connectivity index (χ3v) is 0.778. The molecule has 0 amide bonds. The van der Waals surface area contributed by atoms with Gasteiger partial charge in [0.25, 0.3) is 0 Å². The van der Waals surface area contributed by atoms with Crippen molar-refractivity contribution in [1.29, 1.82) is 0 Å². The van der Waals surface area contributed by atoms with Gasteiger partial charge in [0.2, 0.25) is 0 Å². The van der Waals surface area contributed by atoms with Crippen LogP contribution in [0.15, 0.2) is 11.6 Å². The van der Waals surface area contributed by atoms with E-state index in [1.165, 1.54) is 19.3 Å². The zero-order chi connectivity index (χ0) is 6.57. The molecular formula is C6H7O2Y2-. The van der Waals surface area contributed by atoms with Crippen LogP contribution in [0.5, 0.6) is 0 Å². The fraction of sp³-hybridized carbons (Fsp3) is 0.333. The second kappa shape index (κ2) is 10.3. The van der Waals surface area contributed by atoms with Crippen LogP contribution in [-0.2, 0) is 75.0 Å². The summed E-state index contributed by atoms with van der Waals surface area (Å²) in [6.07, 6.45) is 2.95. The molecule has 0 fully saturated rings. The molecule has 0 unspecified atom stereocenters. The van der Waals surface area contributed by atoms with Gasteiger partial charge in [-0.2, -0.15) is 6.08 Å². The molecule has 0 aliphatic heterocycles. The van der Waals surface area contributed by atoms with Gasteiger partial charge in [-0.3, -0.25) is 0 Å². The number of ketones is 1. The number of Topliss-reactive ketones (excluding diaryl/α,β-unsaturated/α-hetero) is 1. The summed E-state index contributed by atoms with van der Waals surface area (Å²) in [4.78, 5) is 20.0. The first kappa shape index (κ1) is 17.4. The van der Waals surface area contributed by atoms with Gasteiger partial charge in [-0.1, -0.05) is 6.92 Å². The number of hydrogen-bond donors (Lipinski definition) is 0. The van der Waals surface area contributed by atoms with E-state index in [4.69, 9.17) is 0 Å². The molecule has 0 N–H and O–H groups in total. The predicted molar refractivity (Wildman–Crippen MR) is 30.1 cm³/mol. The Morgan fingerprint density at radius 2 is 1.80 bits per heavy atom. The molecule has 0 bridgehead atoms. The van der Waals surface area contributed by atoms with Crippen molar-refractivity contribution in [3.05, 3.63) is 11.6 Å². The van der Waals surface area contributed by atoms with E-state index in [1.54, 1.807) is 6.92 Å². The van der Waals surface area contributed by atoms with Gasteiger partial charge in [0.15, 0.2) is 0 Å². The Hall–Kier alpha value is 1.29. The van der Waals surface area contributed by atoms with Crippen molar-refractivity contribution in [3.63, 3.8) is 0 Å². The third kappa shape index (κ3) is 7.40.